The van der Waals surface area contributed by atoms with Crippen molar-refractivity contribution in [2.75, 3.05) is 0 Å². The number of rotatable bonds is 2. The Bertz CT molecular complexity index is 776. The molecule has 0 bridgehead atoms. The van der Waals surface area contributed by atoms with E-state index in [4.69, 9.17) is 18.0 Å². The maximum absolute atomic E-state index is 5.82. The molecule has 0 aliphatic heterocycles. The zero-order chi connectivity index (χ0) is 13.4. The summed E-state index contributed by atoms with van der Waals surface area (Å²) in [6.07, 6.45) is 3.59. The maximum atomic E-state index is 5.82. The fourth-order valence-corrected chi connectivity index (χ4v) is 2.22. The quantitative estimate of drug-likeness (QED) is 0.725. The molecule has 19 heavy (non-hydrogen) atoms. The first-order chi connectivity index (χ1) is 9.16. The summed E-state index contributed by atoms with van der Waals surface area (Å²) in [6, 6.07) is 9.86. The lowest BCUT2D eigenvalue weighted by Gasteiger charge is -2.11. The van der Waals surface area contributed by atoms with E-state index in [0.717, 1.165) is 28.1 Å². The zero-order valence-electron chi connectivity index (χ0n) is 10.4. The molecule has 0 fully saturated rings. The summed E-state index contributed by atoms with van der Waals surface area (Å²) in [4.78, 5) is 9.20. The van der Waals surface area contributed by atoms with E-state index in [1.54, 1.807) is 6.20 Å². The molecule has 4 nitrogen and oxygen atoms in total. The number of imidazole rings is 1. The Balaban J connectivity index is 2.36. The van der Waals surface area contributed by atoms with E-state index in [2.05, 4.69) is 9.97 Å². The average Bonchev–Trinajstić information content (AvgIpc) is 2.83. The third-order valence-corrected chi connectivity index (χ3v) is 3.24. The number of benzene rings is 1. The molecule has 2 aromatic heterocycles. The Morgan fingerprint density at radius 2 is 2.11 bits per heavy atom. The number of fused-ring (bicyclic) bond motifs is 1. The first-order valence-corrected chi connectivity index (χ1v) is 6.27. The van der Waals surface area contributed by atoms with Crippen LogP contribution in [0.4, 0.5) is 0 Å². The van der Waals surface area contributed by atoms with Crippen LogP contribution in [0.1, 0.15) is 11.4 Å². The highest BCUT2D eigenvalue weighted by molar-refractivity contribution is 7.80. The first kappa shape index (κ1) is 11.8. The molecule has 0 saturated heterocycles. The van der Waals surface area contributed by atoms with Crippen LogP contribution in [0.3, 0.4) is 0 Å². The minimum atomic E-state index is 0.335. The van der Waals surface area contributed by atoms with Gasteiger partial charge in [-0.2, -0.15) is 0 Å². The number of para-hydroxylation sites is 1. The molecule has 0 unspecified atom stereocenters. The van der Waals surface area contributed by atoms with Gasteiger partial charge in [0.1, 0.15) is 16.6 Å². The monoisotopic (exact) mass is 268 g/mol. The Hall–Kier alpha value is -2.27. The molecule has 0 radical (unpaired) electrons. The van der Waals surface area contributed by atoms with Crippen LogP contribution < -0.4 is 5.73 Å². The fourth-order valence-electron chi connectivity index (χ4n) is 2.07. The molecule has 94 valence electrons. The Morgan fingerprint density at radius 3 is 2.79 bits per heavy atom. The van der Waals surface area contributed by atoms with E-state index < -0.39 is 0 Å². The topological polar surface area (TPSA) is 56.7 Å². The number of aromatic nitrogens is 3. The van der Waals surface area contributed by atoms with Crippen molar-refractivity contribution in [3.63, 3.8) is 0 Å². The second-order valence-corrected chi connectivity index (χ2v) is 4.70. The lowest BCUT2D eigenvalue weighted by molar-refractivity contribution is 0.938. The minimum Gasteiger partial charge on any atom is -0.389 e. The van der Waals surface area contributed by atoms with Gasteiger partial charge in [0.05, 0.1) is 11.1 Å². The molecule has 3 aromatic rings. The number of aryl methyl sites for hydroxylation is 1. The Labute approximate surface area is 115 Å². The van der Waals surface area contributed by atoms with Gasteiger partial charge in [-0.15, -0.1) is 0 Å². The molecule has 0 aliphatic carbocycles. The lowest BCUT2D eigenvalue weighted by atomic mass is 10.1. The molecule has 0 atom stereocenters. The largest absolute Gasteiger partial charge is 0.389 e. The second kappa shape index (κ2) is 4.44. The van der Waals surface area contributed by atoms with E-state index in [9.17, 15) is 0 Å². The third kappa shape index (κ3) is 1.98. The number of hydrogen-bond donors (Lipinski definition) is 1. The van der Waals surface area contributed by atoms with Gasteiger partial charge in [0.2, 0.25) is 0 Å². The van der Waals surface area contributed by atoms with Gasteiger partial charge in [0, 0.05) is 17.8 Å². The summed E-state index contributed by atoms with van der Waals surface area (Å²) in [6.45, 7) is 1.92. The van der Waals surface area contributed by atoms with Crippen molar-refractivity contribution >= 4 is 28.1 Å². The summed E-state index contributed by atoms with van der Waals surface area (Å²) >= 11 is 5.13. The van der Waals surface area contributed by atoms with Gasteiger partial charge >= 0.3 is 0 Å². The molecule has 5 heteroatoms. The average molecular weight is 268 g/mol. The summed E-state index contributed by atoms with van der Waals surface area (Å²) in [5, 5.41) is 1.02. The molecule has 0 spiro atoms. The van der Waals surface area contributed by atoms with E-state index in [1.165, 1.54) is 0 Å². The number of hydrogen-bond acceptors (Lipinski definition) is 3. The highest BCUT2D eigenvalue weighted by Gasteiger charge is 2.12. The maximum Gasteiger partial charge on any atom is 0.149 e. The van der Waals surface area contributed by atoms with Crippen molar-refractivity contribution in [3.05, 3.63) is 54.1 Å². The molecule has 0 aliphatic rings. The third-order valence-electron chi connectivity index (χ3n) is 3.02. The molecule has 2 heterocycles. The van der Waals surface area contributed by atoms with E-state index in [-0.39, 0.29) is 0 Å². The SMILES string of the molecule is Cc1nccn1-c1nc2ccccc2cc1C(N)=S. The van der Waals surface area contributed by atoms with Crippen molar-refractivity contribution in [1.29, 1.82) is 0 Å². The molecule has 0 amide bonds. The summed E-state index contributed by atoms with van der Waals surface area (Å²) in [5.41, 5.74) is 7.49. The molecule has 1 aromatic carbocycles. The summed E-state index contributed by atoms with van der Waals surface area (Å²) in [5.74, 6) is 1.57. The van der Waals surface area contributed by atoms with Crippen LogP contribution in [0.5, 0.6) is 0 Å². The van der Waals surface area contributed by atoms with Crippen molar-refractivity contribution in [3.8, 4) is 5.82 Å². The van der Waals surface area contributed by atoms with Gasteiger partial charge < -0.3 is 5.73 Å². The van der Waals surface area contributed by atoms with Crippen LogP contribution in [-0.4, -0.2) is 19.5 Å². The lowest BCUT2D eigenvalue weighted by Crippen LogP contribution is -2.15. The summed E-state index contributed by atoms with van der Waals surface area (Å²) in [7, 11) is 0. The van der Waals surface area contributed by atoms with Crippen LogP contribution >= 0.6 is 12.2 Å². The molecular weight excluding hydrogens is 256 g/mol. The van der Waals surface area contributed by atoms with E-state index in [0.29, 0.717) is 4.99 Å². The summed E-state index contributed by atoms with van der Waals surface area (Å²) < 4.78 is 1.89. The van der Waals surface area contributed by atoms with Crippen molar-refractivity contribution in [2.24, 2.45) is 5.73 Å². The van der Waals surface area contributed by atoms with Crippen LogP contribution in [-0.2, 0) is 0 Å². The highest BCUT2D eigenvalue weighted by atomic mass is 32.1. The molecule has 0 saturated carbocycles. The Kier molecular flexibility index (Phi) is 2.76. The number of nitrogens with two attached hydrogens (primary N) is 1. The van der Waals surface area contributed by atoms with Crippen molar-refractivity contribution in [2.45, 2.75) is 6.92 Å². The number of nitrogens with zero attached hydrogens (tertiary/aromatic N) is 3. The fraction of sp³-hybridized carbons (Fsp3) is 0.0714. The molecule has 3 rings (SSSR count). The second-order valence-electron chi connectivity index (χ2n) is 4.26. The minimum absolute atomic E-state index is 0.335. The zero-order valence-corrected chi connectivity index (χ0v) is 11.2. The van der Waals surface area contributed by atoms with Gasteiger partial charge in [-0.1, -0.05) is 30.4 Å². The normalized spacial score (nSPS) is 10.8. The van der Waals surface area contributed by atoms with Gasteiger partial charge in [-0.05, 0) is 19.1 Å². The van der Waals surface area contributed by atoms with E-state index in [1.807, 2.05) is 48.0 Å². The standard InChI is InChI=1S/C14H12N4S/c1-9-16-6-7-18(9)14-11(13(15)19)8-10-4-2-3-5-12(10)17-14/h2-8H,1H3,(H2,15,19). The van der Waals surface area contributed by atoms with Crippen molar-refractivity contribution < 1.29 is 0 Å². The van der Waals surface area contributed by atoms with Gasteiger partial charge in [0.15, 0.2) is 0 Å². The molecular formula is C14H12N4S. The smallest absolute Gasteiger partial charge is 0.149 e. The highest BCUT2D eigenvalue weighted by Crippen LogP contribution is 2.20. The van der Waals surface area contributed by atoms with Crippen LogP contribution in [0.15, 0.2) is 42.7 Å². The van der Waals surface area contributed by atoms with Crippen molar-refractivity contribution in [1.82, 2.24) is 14.5 Å². The van der Waals surface area contributed by atoms with Gasteiger partial charge in [-0.3, -0.25) is 4.57 Å². The van der Waals surface area contributed by atoms with Gasteiger partial charge in [-0.25, -0.2) is 9.97 Å². The predicted molar refractivity (Wildman–Crippen MR) is 79.5 cm³/mol. The van der Waals surface area contributed by atoms with Crippen LogP contribution in [0.2, 0.25) is 0 Å². The first-order valence-electron chi connectivity index (χ1n) is 5.87. The molecule has 2 N–H and O–H groups in total. The van der Waals surface area contributed by atoms with Crippen LogP contribution in [0, 0.1) is 6.92 Å². The van der Waals surface area contributed by atoms with E-state index >= 15 is 0 Å². The number of thiocarbonyl (C=S) groups is 1. The number of pyridine rings is 1. The predicted octanol–water partition coefficient (Wildman–Crippen LogP) is 2.36. The van der Waals surface area contributed by atoms with Crippen LogP contribution in [0.25, 0.3) is 16.7 Å². The Morgan fingerprint density at radius 1 is 1.32 bits per heavy atom. The van der Waals surface area contributed by atoms with Gasteiger partial charge in [0.25, 0.3) is 0 Å².